The molecule has 0 aliphatic carbocycles. The van der Waals surface area contributed by atoms with Crippen molar-refractivity contribution in [3.8, 4) is 5.75 Å². The number of allylic oxidation sites excluding steroid dienone is 1. The highest BCUT2D eigenvalue weighted by Crippen LogP contribution is 2.15. The standard InChI is InChI=1S/C21H18N2O4/c24-20(25)15-27-18-6-1-4-16(14-18)5-2-12-23-13-3-7-19(23)21(26)17-8-10-22-11-9-17/h1-11,13-14H,12,15H2,(H,24,25)/b5-2+. The molecule has 6 nitrogen and oxygen atoms in total. The number of rotatable bonds is 8. The SMILES string of the molecule is O=C(O)COc1cccc(/C=C/Cn2cccc2C(=O)c2ccncc2)c1. The number of carboxylic acid groups (broad SMARTS) is 1. The zero-order chi connectivity index (χ0) is 19.1. The van der Waals surface area contributed by atoms with Crippen LogP contribution < -0.4 is 4.74 Å². The normalized spacial score (nSPS) is 10.8. The third-order valence-electron chi connectivity index (χ3n) is 3.84. The molecule has 0 saturated carbocycles. The molecule has 3 rings (SSSR count). The van der Waals surface area contributed by atoms with Crippen LogP contribution in [0.2, 0.25) is 0 Å². The van der Waals surface area contributed by atoms with Gasteiger partial charge in [0.05, 0.1) is 5.69 Å². The first-order valence-corrected chi connectivity index (χ1v) is 8.34. The molecule has 1 N–H and O–H groups in total. The van der Waals surface area contributed by atoms with Crippen LogP contribution >= 0.6 is 0 Å². The van der Waals surface area contributed by atoms with E-state index in [9.17, 15) is 9.59 Å². The van der Waals surface area contributed by atoms with E-state index in [1.807, 2.05) is 35.0 Å². The number of aliphatic carboxylic acids is 1. The van der Waals surface area contributed by atoms with Crippen molar-refractivity contribution in [1.82, 2.24) is 9.55 Å². The summed E-state index contributed by atoms with van der Waals surface area (Å²) in [5.41, 5.74) is 2.08. The third kappa shape index (κ3) is 4.92. The maximum atomic E-state index is 12.6. The molecule has 0 amide bonds. The van der Waals surface area contributed by atoms with Crippen LogP contribution in [0.1, 0.15) is 21.6 Å². The molecule has 6 heteroatoms. The number of carboxylic acids is 1. The van der Waals surface area contributed by atoms with Crippen molar-refractivity contribution in [2.75, 3.05) is 6.61 Å². The predicted octanol–water partition coefficient (Wildman–Crippen LogP) is 3.29. The van der Waals surface area contributed by atoms with Crippen LogP contribution in [0.4, 0.5) is 0 Å². The minimum absolute atomic E-state index is 0.0557. The van der Waals surface area contributed by atoms with Gasteiger partial charge in [-0.25, -0.2) is 4.79 Å². The number of pyridine rings is 1. The van der Waals surface area contributed by atoms with E-state index in [2.05, 4.69) is 4.98 Å². The molecule has 0 fully saturated rings. The van der Waals surface area contributed by atoms with E-state index in [4.69, 9.17) is 9.84 Å². The van der Waals surface area contributed by atoms with Crippen molar-refractivity contribution < 1.29 is 19.4 Å². The fourth-order valence-corrected chi connectivity index (χ4v) is 2.59. The Hall–Kier alpha value is -3.67. The van der Waals surface area contributed by atoms with Gasteiger partial charge < -0.3 is 14.4 Å². The molecule has 3 aromatic rings. The summed E-state index contributed by atoms with van der Waals surface area (Å²) in [5, 5.41) is 8.67. The Morgan fingerprint density at radius 3 is 2.70 bits per heavy atom. The lowest BCUT2D eigenvalue weighted by atomic mass is 10.1. The van der Waals surface area contributed by atoms with Crippen molar-refractivity contribution in [2.45, 2.75) is 6.54 Å². The van der Waals surface area contributed by atoms with Crippen LogP contribution in [0.3, 0.4) is 0 Å². The average molecular weight is 362 g/mol. The summed E-state index contributed by atoms with van der Waals surface area (Å²) in [6.45, 7) is 0.149. The van der Waals surface area contributed by atoms with Gasteiger partial charge in [-0.05, 0) is 42.0 Å². The van der Waals surface area contributed by atoms with Crippen LogP contribution in [0.5, 0.6) is 5.75 Å². The van der Waals surface area contributed by atoms with E-state index < -0.39 is 5.97 Å². The number of carbonyl (C=O) groups is 2. The molecule has 0 aliphatic heterocycles. The van der Waals surface area contributed by atoms with Crippen molar-refractivity contribution in [3.63, 3.8) is 0 Å². The van der Waals surface area contributed by atoms with Crippen LogP contribution in [0.25, 0.3) is 6.08 Å². The Morgan fingerprint density at radius 2 is 1.93 bits per heavy atom. The summed E-state index contributed by atoms with van der Waals surface area (Å²) in [6, 6.07) is 14.2. The van der Waals surface area contributed by atoms with Crippen LogP contribution in [-0.2, 0) is 11.3 Å². The number of hydrogen-bond donors (Lipinski definition) is 1. The van der Waals surface area contributed by atoms with Gasteiger partial charge in [0.1, 0.15) is 5.75 Å². The third-order valence-corrected chi connectivity index (χ3v) is 3.84. The molecule has 0 atom stereocenters. The Balaban J connectivity index is 1.68. The van der Waals surface area contributed by atoms with Gasteiger partial charge in [-0.1, -0.05) is 24.3 Å². The number of benzene rings is 1. The Bertz CT molecular complexity index is 961. The largest absolute Gasteiger partial charge is 0.482 e. The topological polar surface area (TPSA) is 81.4 Å². The summed E-state index contributed by atoms with van der Waals surface area (Å²) in [4.78, 5) is 27.1. The quantitative estimate of drug-likeness (QED) is 0.622. The smallest absolute Gasteiger partial charge is 0.341 e. The number of nitrogens with zero attached hydrogens (tertiary/aromatic N) is 2. The number of aromatic nitrogens is 2. The fraction of sp³-hybridized carbons (Fsp3) is 0.0952. The maximum Gasteiger partial charge on any atom is 0.341 e. The van der Waals surface area contributed by atoms with Crippen LogP contribution in [0, 0.1) is 0 Å². The predicted molar refractivity (Wildman–Crippen MR) is 101 cm³/mol. The minimum Gasteiger partial charge on any atom is -0.482 e. The molecule has 0 spiro atoms. The van der Waals surface area contributed by atoms with Crippen molar-refractivity contribution >= 4 is 17.8 Å². The lowest BCUT2D eigenvalue weighted by Crippen LogP contribution is -2.09. The molecule has 0 unspecified atom stereocenters. The molecule has 0 aliphatic rings. The zero-order valence-electron chi connectivity index (χ0n) is 14.5. The van der Waals surface area contributed by atoms with Gasteiger partial charge in [0.15, 0.2) is 6.61 Å². The molecular weight excluding hydrogens is 344 g/mol. The first-order valence-electron chi connectivity index (χ1n) is 8.34. The highest BCUT2D eigenvalue weighted by Gasteiger charge is 2.12. The zero-order valence-corrected chi connectivity index (χ0v) is 14.5. The molecule has 1 aromatic carbocycles. The lowest BCUT2D eigenvalue weighted by molar-refractivity contribution is -0.139. The average Bonchev–Trinajstić information content (AvgIpc) is 3.15. The Morgan fingerprint density at radius 1 is 1.11 bits per heavy atom. The van der Waals surface area contributed by atoms with E-state index in [1.165, 1.54) is 0 Å². The van der Waals surface area contributed by atoms with Gasteiger partial charge in [0.2, 0.25) is 5.78 Å². The number of hydrogen-bond acceptors (Lipinski definition) is 4. The Kier molecular flexibility index (Phi) is 5.79. The van der Waals surface area contributed by atoms with Crippen LogP contribution in [0.15, 0.2) is 73.2 Å². The second kappa shape index (κ2) is 8.62. The molecular formula is C21H18N2O4. The van der Waals surface area contributed by atoms with E-state index >= 15 is 0 Å². The molecule has 0 saturated heterocycles. The van der Waals surface area contributed by atoms with E-state index in [0.717, 1.165) is 5.56 Å². The van der Waals surface area contributed by atoms with Gasteiger partial charge >= 0.3 is 5.97 Å². The number of carbonyl (C=O) groups excluding carboxylic acids is 1. The summed E-state index contributed by atoms with van der Waals surface area (Å²) in [6.07, 6.45) is 8.87. The number of ether oxygens (including phenoxy) is 1. The molecule has 2 aromatic heterocycles. The van der Waals surface area contributed by atoms with Crippen LogP contribution in [-0.4, -0.2) is 33.0 Å². The first-order chi connectivity index (χ1) is 13.1. The summed E-state index contributed by atoms with van der Waals surface area (Å²) in [5.74, 6) is -0.580. The summed E-state index contributed by atoms with van der Waals surface area (Å²) in [7, 11) is 0. The summed E-state index contributed by atoms with van der Waals surface area (Å²) >= 11 is 0. The van der Waals surface area contributed by atoms with E-state index in [0.29, 0.717) is 23.6 Å². The highest BCUT2D eigenvalue weighted by molar-refractivity contribution is 6.07. The number of ketones is 1. The molecule has 27 heavy (non-hydrogen) atoms. The lowest BCUT2D eigenvalue weighted by Gasteiger charge is -2.06. The first kappa shape index (κ1) is 18.1. The maximum absolute atomic E-state index is 12.6. The monoisotopic (exact) mass is 362 g/mol. The highest BCUT2D eigenvalue weighted by atomic mass is 16.5. The van der Waals surface area contributed by atoms with Crippen molar-refractivity contribution in [3.05, 3.63) is 90.0 Å². The fourth-order valence-electron chi connectivity index (χ4n) is 2.59. The summed E-state index contributed by atoms with van der Waals surface area (Å²) < 4.78 is 7.04. The van der Waals surface area contributed by atoms with Gasteiger partial charge in [-0.3, -0.25) is 9.78 Å². The molecule has 136 valence electrons. The second-order valence-electron chi connectivity index (χ2n) is 5.77. The second-order valence-corrected chi connectivity index (χ2v) is 5.77. The molecule has 2 heterocycles. The van der Waals surface area contributed by atoms with Gasteiger partial charge in [0, 0.05) is 30.7 Å². The molecule has 0 radical (unpaired) electrons. The van der Waals surface area contributed by atoms with E-state index in [1.54, 1.807) is 48.8 Å². The molecule has 0 bridgehead atoms. The van der Waals surface area contributed by atoms with Gasteiger partial charge in [0.25, 0.3) is 0 Å². The van der Waals surface area contributed by atoms with Gasteiger partial charge in [-0.2, -0.15) is 0 Å². The van der Waals surface area contributed by atoms with Crippen molar-refractivity contribution in [2.24, 2.45) is 0 Å². The van der Waals surface area contributed by atoms with E-state index in [-0.39, 0.29) is 12.4 Å². The Labute approximate surface area is 156 Å². The minimum atomic E-state index is -1.02. The van der Waals surface area contributed by atoms with Gasteiger partial charge in [-0.15, -0.1) is 0 Å². The van der Waals surface area contributed by atoms with Crippen molar-refractivity contribution in [1.29, 1.82) is 0 Å².